The highest BCUT2D eigenvalue weighted by Gasteiger charge is 2.68. The lowest BCUT2D eigenvalue weighted by Gasteiger charge is -2.61. The standard InChI is InChI=1S/C31H32N2O7/c1-17-7-4-10-21-23(22-13-20-16-38-29(36)26(20)39-22)31(3,37)27(40-28(35)19-9-6-12-33-15-19)24(30(17,21)2)25(34)18-8-5-11-32-14-18/h5-9,11-12,14-15,21-24,27,37H,4,10,13,16H2,1-3H3/t21-,22?,23+,24+,27+,30+,31-/m1/s1. The number of carbonyl (C=O) groups excluding carboxylic acids is 3. The molecule has 0 spiro atoms. The van der Waals surface area contributed by atoms with E-state index in [2.05, 4.69) is 16.0 Å². The molecule has 9 heteroatoms. The van der Waals surface area contributed by atoms with Crippen molar-refractivity contribution in [2.75, 3.05) is 6.61 Å². The van der Waals surface area contributed by atoms with Crippen LogP contribution in [0.15, 0.2) is 72.0 Å². The van der Waals surface area contributed by atoms with Crippen LogP contribution in [0.4, 0.5) is 0 Å². The Labute approximate surface area is 232 Å². The monoisotopic (exact) mass is 544 g/mol. The van der Waals surface area contributed by atoms with Gasteiger partial charge in [-0.3, -0.25) is 14.8 Å². The number of allylic oxidation sites excluding steroid dienone is 2. The zero-order chi connectivity index (χ0) is 28.2. The van der Waals surface area contributed by atoms with Crippen molar-refractivity contribution in [2.45, 2.75) is 57.8 Å². The molecule has 1 unspecified atom stereocenters. The second-order valence-electron chi connectivity index (χ2n) is 11.6. The summed E-state index contributed by atoms with van der Waals surface area (Å²) in [4.78, 5) is 48.3. The number of fused-ring (bicyclic) bond motifs is 1. The summed E-state index contributed by atoms with van der Waals surface area (Å²) in [7, 11) is 0. The molecule has 2 aliphatic heterocycles. The number of ketones is 1. The fourth-order valence-corrected chi connectivity index (χ4v) is 7.50. The predicted molar refractivity (Wildman–Crippen MR) is 142 cm³/mol. The number of ether oxygens (including phenoxy) is 3. The Kier molecular flexibility index (Phi) is 6.37. The predicted octanol–water partition coefficient (Wildman–Crippen LogP) is 3.84. The molecule has 7 atom stereocenters. The first kappa shape index (κ1) is 26.4. The zero-order valence-electron chi connectivity index (χ0n) is 22.7. The fourth-order valence-electron chi connectivity index (χ4n) is 7.50. The average Bonchev–Trinajstić information content (AvgIpc) is 3.52. The third-order valence-corrected chi connectivity index (χ3v) is 9.54. The molecule has 2 aliphatic carbocycles. The molecule has 9 nitrogen and oxygen atoms in total. The Morgan fingerprint density at radius 1 is 1.10 bits per heavy atom. The van der Waals surface area contributed by atoms with Gasteiger partial charge < -0.3 is 19.3 Å². The maximum atomic E-state index is 14.4. The van der Waals surface area contributed by atoms with Crippen LogP contribution in [0.1, 0.15) is 60.7 Å². The highest BCUT2D eigenvalue weighted by molar-refractivity contribution is 5.99. The lowest BCUT2D eigenvalue weighted by molar-refractivity contribution is -0.221. The van der Waals surface area contributed by atoms with Crippen molar-refractivity contribution in [3.63, 3.8) is 0 Å². The molecule has 1 saturated carbocycles. The van der Waals surface area contributed by atoms with E-state index >= 15 is 0 Å². The maximum Gasteiger partial charge on any atom is 0.374 e. The molecule has 0 radical (unpaired) electrons. The van der Waals surface area contributed by atoms with E-state index in [4.69, 9.17) is 14.2 Å². The normalized spacial score (nSPS) is 34.8. The number of carbonyl (C=O) groups is 3. The Balaban J connectivity index is 1.48. The molecule has 2 aromatic rings. The van der Waals surface area contributed by atoms with Crippen LogP contribution in [0.3, 0.4) is 0 Å². The molecule has 0 aromatic carbocycles. The molecule has 6 rings (SSSR count). The molecule has 208 valence electrons. The van der Waals surface area contributed by atoms with Crippen LogP contribution in [0.2, 0.25) is 0 Å². The van der Waals surface area contributed by atoms with Gasteiger partial charge in [-0.15, -0.1) is 0 Å². The van der Waals surface area contributed by atoms with Crippen LogP contribution in [0, 0.1) is 23.2 Å². The van der Waals surface area contributed by atoms with Crippen LogP contribution < -0.4 is 0 Å². The van der Waals surface area contributed by atoms with Crippen LogP contribution in [0.5, 0.6) is 0 Å². The van der Waals surface area contributed by atoms with Gasteiger partial charge in [0.25, 0.3) is 0 Å². The van der Waals surface area contributed by atoms with E-state index in [1.165, 1.54) is 12.4 Å². The van der Waals surface area contributed by atoms with Crippen LogP contribution in [-0.2, 0) is 19.0 Å². The van der Waals surface area contributed by atoms with Gasteiger partial charge >= 0.3 is 11.9 Å². The van der Waals surface area contributed by atoms with Crippen LogP contribution in [0.25, 0.3) is 0 Å². The second-order valence-corrected chi connectivity index (χ2v) is 11.6. The molecule has 0 bridgehead atoms. The summed E-state index contributed by atoms with van der Waals surface area (Å²) in [6, 6.07) is 6.59. The van der Waals surface area contributed by atoms with Gasteiger partial charge in [0, 0.05) is 53.7 Å². The summed E-state index contributed by atoms with van der Waals surface area (Å²) >= 11 is 0. The summed E-state index contributed by atoms with van der Waals surface area (Å²) in [5.74, 6) is -2.89. The first-order valence-electron chi connectivity index (χ1n) is 13.6. The Hall–Kier alpha value is -3.85. The molecule has 2 aromatic heterocycles. The van der Waals surface area contributed by atoms with Crippen molar-refractivity contribution in [3.05, 3.63) is 83.2 Å². The molecule has 0 saturated heterocycles. The van der Waals surface area contributed by atoms with E-state index in [-0.39, 0.29) is 29.6 Å². The molecule has 0 amide bonds. The van der Waals surface area contributed by atoms with Gasteiger partial charge in [-0.05, 0) is 56.9 Å². The quantitative estimate of drug-likeness (QED) is 0.339. The highest BCUT2D eigenvalue weighted by Crippen LogP contribution is 2.62. The molecule has 4 aliphatic rings. The highest BCUT2D eigenvalue weighted by atomic mass is 16.6. The van der Waals surface area contributed by atoms with Gasteiger partial charge in [0.1, 0.15) is 24.4 Å². The number of pyridine rings is 2. The first-order valence-corrected chi connectivity index (χ1v) is 13.6. The third-order valence-electron chi connectivity index (χ3n) is 9.54. The van der Waals surface area contributed by atoms with E-state index in [9.17, 15) is 19.5 Å². The van der Waals surface area contributed by atoms with E-state index < -0.39 is 47.0 Å². The minimum absolute atomic E-state index is 0.169. The summed E-state index contributed by atoms with van der Waals surface area (Å²) < 4.78 is 17.5. The van der Waals surface area contributed by atoms with E-state index in [0.717, 1.165) is 17.6 Å². The van der Waals surface area contributed by atoms with Gasteiger partial charge in [0.15, 0.2) is 5.78 Å². The lowest BCUT2D eigenvalue weighted by Crippen LogP contribution is -2.69. The smallest absolute Gasteiger partial charge is 0.374 e. The SMILES string of the molecule is CC1=CCC[C@@H]2[C@@H](C3CC4=C(O3)C(=O)OC4)[C@@](C)(O)[C@@H](OC(=O)c3cccnc3)[C@H](C(=O)c3cccnc3)[C@@]12C. The number of esters is 2. The molecular formula is C31H32N2O7. The summed E-state index contributed by atoms with van der Waals surface area (Å²) in [5, 5.41) is 12.5. The van der Waals surface area contributed by atoms with Gasteiger partial charge in [-0.25, -0.2) is 9.59 Å². The van der Waals surface area contributed by atoms with Crippen molar-refractivity contribution in [1.82, 2.24) is 9.97 Å². The van der Waals surface area contributed by atoms with Crippen molar-refractivity contribution in [1.29, 1.82) is 0 Å². The first-order chi connectivity index (χ1) is 19.1. The van der Waals surface area contributed by atoms with E-state index in [0.29, 0.717) is 18.4 Å². The van der Waals surface area contributed by atoms with Crippen LogP contribution in [-0.4, -0.2) is 57.2 Å². The Morgan fingerprint density at radius 3 is 2.45 bits per heavy atom. The van der Waals surface area contributed by atoms with Gasteiger partial charge in [-0.1, -0.05) is 18.6 Å². The number of nitrogens with zero attached hydrogens (tertiary/aromatic N) is 2. The van der Waals surface area contributed by atoms with Crippen molar-refractivity contribution in [3.8, 4) is 0 Å². The average molecular weight is 545 g/mol. The number of aliphatic hydroxyl groups is 1. The molecular weight excluding hydrogens is 512 g/mol. The van der Waals surface area contributed by atoms with Crippen molar-refractivity contribution < 1.29 is 33.7 Å². The number of hydrogen-bond acceptors (Lipinski definition) is 9. The summed E-state index contributed by atoms with van der Waals surface area (Å²) in [6.07, 6.45) is 8.28. The molecule has 40 heavy (non-hydrogen) atoms. The largest absolute Gasteiger partial charge is 0.482 e. The van der Waals surface area contributed by atoms with Crippen molar-refractivity contribution >= 4 is 17.7 Å². The number of cyclic esters (lactones) is 1. The fraction of sp³-hybridized carbons (Fsp3) is 0.452. The van der Waals surface area contributed by atoms with Crippen LogP contribution >= 0.6 is 0 Å². The number of hydrogen-bond donors (Lipinski definition) is 1. The van der Waals surface area contributed by atoms with Gasteiger partial charge in [-0.2, -0.15) is 0 Å². The number of Topliss-reactive ketones (excluding diaryl/α,β-unsaturated/α-hetero) is 1. The minimum Gasteiger partial charge on any atom is -0.482 e. The molecule has 4 heterocycles. The summed E-state index contributed by atoms with van der Waals surface area (Å²) in [5.41, 5.74) is -0.111. The van der Waals surface area contributed by atoms with Crippen molar-refractivity contribution in [2.24, 2.45) is 23.2 Å². The van der Waals surface area contributed by atoms with Gasteiger partial charge in [0.2, 0.25) is 5.76 Å². The lowest BCUT2D eigenvalue weighted by atomic mass is 9.45. The Bertz CT molecular complexity index is 1420. The number of aromatic nitrogens is 2. The van der Waals surface area contributed by atoms with E-state index in [1.807, 2.05) is 13.8 Å². The molecule has 1 N–H and O–H groups in total. The topological polar surface area (TPSA) is 125 Å². The second kappa shape index (κ2) is 9.66. The number of rotatable bonds is 5. The molecule has 1 fully saturated rings. The Morgan fingerprint density at radius 2 is 1.80 bits per heavy atom. The van der Waals surface area contributed by atoms with E-state index in [1.54, 1.807) is 43.6 Å². The zero-order valence-corrected chi connectivity index (χ0v) is 22.7. The maximum absolute atomic E-state index is 14.4. The minimum atomic E-state index is -1.68. The third kappa shape index (κ3) is 3.98. The van der Waals surface area contributed by atoms with Gasteiger partial charge in [0.05, 0.1) is 11.5 Å². The summed E-state index contributed by atoms with van der Waals surface area (Å²) in [6.45, 7) is 5.82.